The van der Waals surface area contributed by atoms with Gasteiger partial charge >= 0.3 is 0 Å². The molecule has 1 amide bonds. The number of unbranched alkanes of at least 4 members (excludes halogenated alkanes) is 1. The summed E-state index contributed by atoms with van der Waals surface area (Å²) < 4.78 is 25.7. The summed E-state index contributed by atoms with van der Waals surface area (Å²) in [6, 6.07) is 7.06. The molecular weight excluding hydrogens is 362 g/mol. The fourth-order valence-corrected chi connectivity index (χ4v) is 4.52. The Morgan fingerprint density at radius 3 is 2.48 bits per heavy atom. The monoisotopic (exact) mass is 395 g/mol. The van der Waals surface area contributed by atoms with Gasteiger partial charge in [-0.3, -0.25) is 4.79 Å². The van der Waals surface area contributed by atoms with Gasteiger partial charge in [0.1, 0.15) is 6.04 Å². The fraction of sp³-hybridized carbons (Fsp3) is 0.650. The second-order valence-electron chi connectivity index (χ2n) is 7.23. The van der Waals surface area contributed by atoms with E-state index in [1.54, 1.807) is 0 Å². The molecule has 27 heavy (non-hydrogen) atoms. The first-order valence-corrected chi connectivity index (χ1v) is 11.7. The molecule has 2 rings (SSSR count). The molecule has 1 aromatic rings. The Bertz CT molecular complexity index is 721. The summed E-state index contributed by atoms with van der Waals surface area (Å²) in [6.07, 6.45) is 4.83. The van der Waals surface area contributed by atoms with Crippen LogP contribution in [-0.2, 0) is 27.8 Å². The summed E-state index contributed by atoms with van der Waals surface area (Å²) in [5.74, 6) is -0.202. The van der Waals surface area contributed by atoms with Crippen LogP contribution in [0.5, 0.6) is 0 Å². The maximum absolute atomic E-state index is 12.7. The predicted molar refractivity (Wildman–Crippen MR) is 109 cm³/mol. The number of rotatable bonds is 10. The highest BCUT2D eigenvalue weighted by Gasteiger charge is 2.36. The molecule has 1 unspecified atom stereocenters. The van der Waals surface area contributed by atoms with Crippen molar-refractivity contribution >= 4 is 15.9 Å². The average molecular weight is 396 g/mol. The number of hydrogen-bond donors (Lipinski definition) is 1. The van der Waals surface area contributed by atoms with Crippen LogP contribution in [0.3, 0.4) is 0 Å². The number of benzene rings is 1. The molecule has 0 bridgehead atoms. The maximum atomic E-state index is 12.7. The van der Waals surface area contributed by atoms with Crippen LogP contribution in [0.4, 0.5) is 0 Å². The van der Waals surface area contributed by atoms with Crippen LogP contribution < -0.4 is 5.32 Å². The summed E-state index contributed by atoms with van der Waals surface area (Å²) in [5, 5.41) is 2.95. The van der Waals surface area contributed by atoms with Crippen molar-refractivity contribution < 1.29 is 13.2 Å². The molecule has 1 heterocycles. The van der Waals surface area contributed by atoms with Gasteiger partial charge in [0.05, 0.1) is 6.26 Å². The summed E-state index contributed by atoms with van der Waals surface area (Å²) in [6.45, 7) is 8.20. The molecule has 1 atom stereocenters. The molecule has 1 aliphatic rings. The van der Waals surface area contributed by atoms with Gasteiger partial charge in [0, 0.05) is 13.1 Å². The SMILES string of the molecule is CCCCN(CC)CCCNC(=O)C1Cc2ccccc2CN1S(C)(=O)=O. The van der Waals surface area contributed by atoms with Crippen molar-refractivity contribution in [2.24, 2.45) is 0 Å². The van der Waals surface area contributed by atoms with Crippen molar-refractivity contribution in [3.63, 3.8) is 0 Å². The van der Waals surface area contributed by atoms with E-state index in [1.807, 2.05) is 24.3 Å². The standard InChI is InChI=1S/C20H33N3O3S/c1-4-6-13-22(5-2)14-9-12-21-20(24)19-15-17-10-7-8-11-18(17)16-23(19)27(3,25)26/h7-8,10-11,19H,4-6,9,12-16H2,1-3H3,(H,21,24). The van der Waals surface area contributed by atoms with E-state index in [2.05, 4.69) is 24.1 Å². The lowest BCUT2D eigenvalue weighted by atomic mass is 9.95. The highest BCUT2D eigenvalue weighted by molar-refractivity contribution is 7.88. The molecule has 6 nitrogen and oxygen atoms in total. The molecule has 0 radical (unpaired) electrons. The van der Waals surface area contributed by atoms with E-state index in [9.17, 15) is 13.2 Å². The van der Waals surface area contributed by atoms with E-state index in [4.69, 9.17) is 0 Å². The minimum absolute atomic E-state index is 0.202. The lowest BCUT2D eigenvalue weighted by Gasteiger charge is -2.34. The number of carbonyl (C=O) groups excluding carboxylic acids is 1. The topological polar surface area (TPSA) is 69.7 Å². The van der Waals surface area contributed by atoms with E-state index in [1.165, 1.54) is 23.4 Å². The quantitative estimate of drug-likeness (QED) is 0.615. The Labute approximate surface area is 164 Å². The Morgan fingerprint density at radius 2 is 1.85 bits per heavy atom. The molecule has 0 saturated carbocycles. The van der Waals surface area contributed by atoms with Crippen LogP contribution in [0.25, 0.3) is 0 Å². The normalized spacial score (nSPS) is 17.7. The average Bonchev–Trinajstić information content (AvgIpc) is 2.65. The molecule has 7 heteroatoms. The van der Waals surface area contributed by atoms with Crippen molar-refractivity contribution in [2.45, 2.75) is 52.1 Å². The number of fused-ring (bicyclic) bond motifs is 1. The zero-order chi connectivity index (χ0) is 19.9. The van der Waals surface area contributed by atoms with E-state index < -0.39 is 16.1 Å². The number of carbonyl (C=O) groups is 1. The van der Waals surface area contributed by atoms with Crippen molar-refractivity contribution in [2.75, 3.05) is 32.4 Å². The highest BCUT2D eigenvalue weighted by Crippen LogP contribution is 2.25. The Morgan fingerprint density at radius 1 is 1.19 bits per heavy atom. The second kappa shape index (κ2) is 10.2. The zero-order valence-corrected chi connectivity index (χ0v) is 17.6. The third kappa shape index (κ3) is 6.30. The smallest absolute Gasteiger partial charge is 0.238 e. The summed E-state index contributed by atoms with van der Waals surface area (Å²) in [4.78, 5) is 15.1. The predicted octanol–water partition coefficient (Wildman–Crippen LogP) is 2.00. The van der Waals surface area contributed by atoms with E-state index in [-0.39, 0.29) is 12.5 Å². The van der Waals surface area contributed by atoms with Crippen molar-refractivity contribution in [1.82, 2.24) is 14.5 Å². The molecule has 0 fully saturated rings. The van der Waals surface area contributed by atoms with Gasteiger partial charge in [-0.05, 0) is 50.0 Å². The van der Waals surface area contributed by atoms with Crippen molar-refractivity contribution in [3.8, 4) is 0 Å². The van der Waals surface area contributed by atoms with Gasteiger partial charge in [-0.2, -0.15) is 4.31 Å². The molecule has 0 aromatic heterocycles. The van der Waals surface area contributed by atoms with Gasteiger partial charge < -0.3 is 10.2 Å². The lowest BCUT2D eigenvalue weighted by Crippen LogP contribution is -2.52. The number of nitrogens with zero attached hydrogens (tertiary/aromatic N) is 2. The van der Waals surface area contributed by atoms with E-state index >= 15 is 0 Å². The molecule has 152 valence electrons. The van der Waals surface area contributed by atoms with Crippen LogP contribution in [0.15, 0.2) is 24.3 Å². The summed E-state index contributed by atoms with van der Waals surface area (Å²) in [7, 11) is -3.46. The van der Waals surface area contributed by atoms with Crippen LogP contribution >= 0.6 is 0 Å². The van der Waals surface area contributed by atoms with Gasteiger partial charge in [0.2, 0.25) is 15.9 Å². The van der Waals surface area contributed by atoms with Crippen LogP contribution in [0.2, 0.25) is 0 Å². The number of sulfonamides is 1. The first-order valence-electron chi connectivity index (χ1n) is 9.90. The van der Waals surface area contributed by atoms with Gasteiger partial charge in [0.25, 0.3) is 0 Å². The molecule has 0 saturated heterocycles. The molecule has 0 aliphatic carbocycles. The summed E-state index contributed by atoms with van der Waals surface area (Å²) in [5.41, 5.74) is 2.02. The third-order valence-corrected chi connectivity index (χ3v) is 6.40. The Kier molecular flexibility index (Phi) is 8.26. The van der Waals surface area contributed by atoms with E-state index in [0.717, 1.165) is 37.2 Å². The lowest BCUT2D eigenvalue weighted by molar-refractivity contribution is -0.125. The zero-order valence-electron chi connectivity index (χ0n) is 16.8. The van der Waals surface area contributed by atoms with Crippen LogP contribution in [0.1, 0.15) is 44.2 Å². The number of nitrogens with one attached hydrogen (secondary N) is 1. The molecule has 1 aromatic carbocycles. The number of amides is 1. The van der Waals surface area contributed by atoms with Crippen LogP contribution in [-0.4, -0.2) is 62.0 Å². The van der Waals surface area contributed by atoms with Gasteiger partial charge in [0.15, 0.2) is 0 Å². The maximum Gasteiger partial charge on any atom is 0.238 e. The van der Waals surface area contributed by atoms with Gasteiger partial charge in [-0.25, -0.2) is 8.42 Å². The fourth-order valence-electron chi connectivity index (χ4n) is 3.51. The highest BCUT2D eigenvalue weighted by atomic mass is 32.2. The first-order chi connectivity index (χ1) is 12.9. The van der Waals surface area contributed by atoms with Gasteiger partial charge in [-0.1, -0.05) is 44.5 Å². The minimum atomic E-state index is -3.46. The molecular formula is C20H33N3O3S. The Balaban J connectivity index is 1.93. The molecule has 1 N–H and O–H groups in total. The largest absolute Gasteiger partial charge is 0.355 e. The van der Waals surface area contributed by atoms with Crippen molar-refractivity contribution in [3.05, 3.63) is 35.4 Å². The summed E-state index contributed by atoms with van der Waals surface area (Å²) >= 11 is 0. The first kappa shape index (κ1) is 21.9. The van der Waals surface area contributed by atoms with Crippen LogP contribution in [0, 0.1) is 0 Å². The van der Waals surface area contributed by atoms with E-state index in [0.29, 0.717) is 13.0 Å². The molecule has 0 spiro atoms. The van der Waals surface area contributed by atoms with Crippen molar-refractivity contribution in [1.29, 1.82) is 0 Å². The second-order valence-corrected chi connectivity index (χ2v) is 9.16. The van der Waals surface area contributed by atoms with Gasteiger partial charge in [-0.15, -0.1) is 0 Å². The minimum Gasteiger partial charge on any atom is -0.355 e. The molecule has 1 aliphatic heterocycles. The Hall–Kier alpha value is -1.44. The third-order valence-electron chi connectivity index (χ3n) is 5.16. The number of hydrogen-bond acceptors (Lipinski definition) is 4.